The molecular formula is C19H17F4N3O3. The Bertz CT molecular complexity index is 951. The van der Waals surface area contributed by atoms with E-state index in [1.807, 2.05) is 0 Å². The van der Waals surface area contributed by atoms with Gasteiger partial charge >= 0.3 is 18.6 Å². The highest BCUT2D eigenvalue weighted by molar-refractivity contribution is 6.30. The molecule has 10 heteroatoms. The molecule has 3 rings (SSSR count). The molecule has 3 amide bonds. The van der Waals surface area contributed by atoms with Crippen molar-refractivity contribution >= 4 is 23.3 Å². The first-order valence-electron chi connectivity index (χ1n) is 8.51. The molecule has 2 heterocycles. The zero-order chi connectivity index (χ0) is 21.6. The number of halogens is 4. The molecule has 6 nitrogen and oxygen atoms in total. The van der Waals surface area contributed by atoms with Gasteiger partial charge < -0.3 is 4.74 Å². The molecule has 1 aliphatic heterocycles. The van der Waals surface area contributed by atoms with Crippen molar-refractivity contribution in [3.63, 3.8) is 0 Å². The van der Waals surface area contributed by atoms with Crippen LogP contribution in [0.25, 0.3) is 0 Å². The number of carbonyl (C=O) groups is 2. The first-order valence-corrected chi connectivity index (χ1v) is 8.51. The summed E-state index contributed by atoms with van der Waals surface area (Å²) < 4.78 is 55.0. The highest BCUT2D eigenvalue weighted by Gasteiger charge is 2.53. The van der Waals surface area contributed by atoms with Crippen molar-refractivity contribution in [1.29, 1.82) is 0 Å². The highest BCUT2D eigenvalue weighted by atomic mass is 19.3. The second-order valence-corrected chi connectivity index (χ2v) is 6.94. The van der Waals surface area contributed by atoms with Gasteiger partial charge in [0.25, 0.3) is 5.91 Å². The van der Waals surface area contributed by atoms with Gasteiger partial charge in [-0.15, -0.1) is 0 Å². The van der Waals surface area contributed by atoms with Gasteiger partial charge in [0.2, 0.25) is 0 Å². The number of nitrogens with zero attached hydrogens (tertiary/aromatic N) is 3. The Morgan fingerprint density at radius 2 is 1.72 bits per heavy atom. The second-order valence-electron chi connectivity index (χ2n) is 6.94. The number of carbonyl (C=O) groups excluding carboxylic acids is 2. The molecule has 1 aromatic heterocycles. The summed E-state index contributed by atoms with van der Waals surface area (Å²) in [5.41, 5.74) is -0.401. The number of benzene rings is 1. The lowest BCUT2D eigenvalue weighted by atomic mass is 10.0. The van der Waals surface area contributed by atoms with E-state index in [0.717, 1.165) is 17.0 Å². The van der Waals surface area contributed by atoms with Crippen LogP contribution in [0.2, 0.25) is 0 Å². The Kier molecular flexibility index (Phi) is 4.97. The van der Waals surface area contributed by atoms with Gasteiger partial charge in [-0.25, -0.2) is 9.69 Å². The molecule has 0 aliphatic carbocycles. The molecule has 1 saturated heterocycles. The van der Waals surface area contributed by atoms with Crippen LogP contribution in [-0.4, -0.2) is 35.0 Å². The maximum atomic E-state index is 13.1. The van der Waals surface area contributed by atoms with Crippen LogP contribution in [0.1, 0.15) is 19.4 Å². The maximum Gasteiger partial charge on any atom is 0.461 e. The van der Waals surface area contributed by atoms with Crippen molar-refractivity contribution in [2.45, 2.75) is 38.8 Å². The molecule has 2 aromatic rings. The summed E-state index contributed by atoms with van der Waals surface area (Å²) in [4.78, 5) is 32.1. The Labute approximate surface area is 163 Å². The van der Waals surface area contributed by atoms with Gasteiger partial charge in [-0.1, -0.05) is 0 Å². The molecule has 154 valence electrons. The summed E-state index contributed by atoms with van der Waals surface area (Å²) in [6, 6.07) is 5.78. The van der Waals surface area contributed by atoms with E-state index >= 15 is 0 Å². The van der Waals surface area contributed by atoms with E-state index in [2.05, 4.69) is 9.72 Å². The number of imide groups is 1. The van der Waals surface area contributed by atoms with Gasteiger partial charge in [0.05, 0.1) is 5.69 Å². The van der Waals surface area contributed by atoms with Gasteiger partial charge in [-0.2, -0.15) is 17.6 Å². The largest absolute Gasteiger partial charge is 0.461 e. The van der Waals surface area contributed by atoms with E-state index in [0.29, 0.717) is 5.69 Å². The second kappa shape index (κ2) is 7.02. The molecule has 0 spiro atoms. The lowest BCUT2D eigenvalue weighted by Gasteiger charge is -2.27. The SMILES string of the molecule is Cc1cc(OC(F)(F)C(F)F)ccc1N1C(=O)N(c2ccncc2)C(C)(C)C1=O. The number of hydrogen-bond acceptors (Lipinski definition) is 4. The minimum atomic E-state index is -4.66. The number of amides is 3. The van der Waals surface area contributed by atoms with E-state index < -0.39 is 35.8 Å². The molecule has 1 fully saturated rings. The van der Waals surface area contributed by atoms with Crippen molar-refractivity contribution in [1.82, 2.24) is 4.98 Å². The number of pyridine rings is 1. The summed E-state index contributed by atoms with van der Waals surface area (Å²) in [6.45, 7) is 4.60. The van der Waals surface area contributed by atoms with Gasteiger partial charge in [-0.05, 0) is 56.7 Å². The van der Waals surface area contributed by atoms with E-state index in [4.69, 9.17) is 0 Å². The lowest BCUT2D eigenvalue weighted by molar-refractivity contribution is -0.253. The fourth-order valence-corrected chi connectivity index (χ4v) is 3.08. The fraction of sp³-hybridized carbons (Fsp3) is 0.316. The average Bonchev–Trinajstić information content (AvgIpc) is 2.81. The molecule has 1 aromatic carbocycles. The lowest BCUT2D eigenvalue weighted by Crippen LogP contribution is -2.44. The van der Waals surface area contributed by atoms with Crippen molar-refractivity contribution in [3.8, 4) is 5.75 Å². The van der Waals surface area contributed by atoms with Crippen LogP contribution in [0.3, 0.4) is 0 Å². The number of anilines is 2. The smallest absolute Gasteiger partial charge is 0.428 e. The third kappa shape index (κ3) is 3.50. The summed E-state index contributed by atoms with van der Waals surface area (Å²) in [5, 5.41) is 0. The fourth-order valence-electron chi connectivity index (χ4n) is 3.08. The molecule has 0 N–H and O–H groups in total. The molecular weight excluding hydrogens is 394 g/mol. The number of rotatable bonds is 5. The van der Waals surface area contributed by atoms with Crippen LogP contribution in [0.4, 0.5) is 33.7 Å². The topological polar surface area (TPSA) is 62.7 Å². The number of alkyl halides is 4. The van der Waals surface area contributed by atoms with Crippen LogP contribution in [0, 0.1) is 6.92 Å². The van der Waals surface area contributed by atoms with E-state index in [1.54, 1.807) is 26.0 Å². The third-order valence-electron chi connectivity index (χ3n) is 4.51. The molecule has 0 radical (unpaired) electrons. The van der Waals surface area contributed by atoms with Crippen LogP contribution in [0.15, 0.2) is 42.7 Å². The van der Waals surface area contributed by atoms with Gasteiger partial charge in [0.15, 0.2) is 0 Å². The number of urea groups is 1. The molecule has 29 heavy (non-hydrogen) atoms. The third-order valence-corrected chi connectivity index (χ3v) is 4.51. The highest BCUT2D eigenvalue weighted by Crippen LogP contribution is 2.38. The zero-order valence-electron chi connectivity index (χ0n) is 15.7. The predicted molar refractivity (Wildman–Crippen MR) is 96.4 cm³/mol. The Hall–Kier alpha value is -3.17. The number of ether oxygens (including phenoxy) is 1. The minimum Gasteiger partial charge on any atom is -0.428 e. The monoisotopic (exact) mass is 411 g/mol. The van der Waals surface area contributed by atoms with Crippen LogP contribution < -0.4 is 14.5 Å². The zero-order valence-corrected chi connectivity index (χ0v) is 15.7. The van der Waals surface area contributed by atoms with Crippen LogP contribution in [-0.2, 0) is 4.79 Å². The predicted octanol–water partition coefficient (Wildman–Crippen LogP) is 4.38. The number of hydrogen-bond donors (Lipinski definition) is 0. The van der Waals surface area contributed by atoms with Crippen molar-refractivity contribution in [2.24, 2.45) is 0 Å². The maximum absolute atomic E-state index is 13.1. The van der Waals surface area contributed by atoms with Crippen LogP contribution in [0.5, 0.6) is 5.75 Å². The van der Waals surface area contributed by atoms with Crippen molar-refractivity contribution in [2.75, 3.05) is 9.80 Å². The quantitative estimate of drug-likeness (QED) is 0.541. The standard InChI is InChI=1S/C19H17F4N3O3/c1-11-10-13(29-19(22,23)15(20)21)4-5-14(11)25-16(27)18(2,3)26(17(25)28)12-6-8-24-9-7-12/h4-10,15H,1-3H3. The first-order chi connectivity index (χ1) is 13.5. The summed E-state index contributed by atoms with van der Waals surface area (Å²) in [5.74, 6) is -1.05. The molecule has 0 unspecified atom stereocenters. The van der Waals surface area contributed by atoms with E-state index in [1.165, 1.54) is 30.3 Å². The summed E-state index contributed by atoms with van der Waals surface area (Å²) >= 11 is 0. The molecule has 0 atom stereocenters. The number of aryl methyl sites for hydroxylation is 1. The summed E-state index contributed by atoms with van der Waals surface area (Å²) in [7, 11) is 0. The van der Waals surface area contributed by atoms with Crippen molar-refractivity contribution in [3.05, 3.63) is 48.3 Å². The summed E-state index contributed by atoms with van der Waals surface area (Å²) in [6.07, 6.45) is -5.70. The Morgan fingerprint density at radius 1 is 1.10 bits per heavy atom. The normalized spacial score (nSPS) is 16.7. The Morgan fingerprint density at radius 3 is 2.28 bits per heavy atom. The Balaban J connectivity index is 1.96. The van der Waals surface area contributed by atoms with E-state index in [9.17, 15) is 27.2 Å². The number of aromatic nitrogens is 1. The molecule has 1 aliphatic rings. The molecule has 0 saturated carbocycles. The average molecular weight is 411 g/mol. The van der Waals surface area contributed by atoms with Gasteiger partial charge in [0.1, 0.15) is 11.3 Å². The van der Waals surface area contributed by atoms with E-state index in [-0.39, 0.29) is 11.3 Å². The molecule has 0 bridgehead atoms. The van der Waals surface area contributed by atoms with Gasteiger partial charge in [0, 0.05) is 18.1 Å². The van der Waals surface area contributed by atoms with Gasteiger partial charge in [-0.3, -0.25) is 14.7 Å². The van der Waals surface area contributed by atoms with Crippen molar-refractivity contribution < 1.29 is 31.9 Å². The van der Waals surface area contributed by atoms with Crippen LogP contribution >= 0.6 is 0 Å². The first kappa shape index (κ1) is 20.6. The minimum absolute atomic E-state index is 0.136.